The van der Waals surface area contributed by atoms with Crippen LogP contribution in [0.25, 0.3) is 6.08 Å². The Morgan fingerprint density at radius 3 is 2.32 bits per heavy atom. The summed E-state index contributed by atoms with van der Waals surface area (Å²) < 4.78 is 5.01. The van der Waals surface area contributed by atoms with E-state index in [4.69, 9.17) is 4.42 Å². The number of rotatable bonds is 4. The number of aliphatic imine (C=N–C) groups is 1. The van der Waals surface area contributed by atoms with Crippen LogP contribution in [-0.4, -0.2) is 22.7 Å². The summed E-state index contributed by atoms with van der Waals surface area (Å²) >= 11 is 0. The lowest BCUT2D eigenvalue weighted by atomic mass is 9.83. The zero-order valence-electron chi connectivity index (χ0n) is 14.4. The third-order valence-corrected chi connectivity index (χ3v) is 4.28. The van der Waals surface area contributed by atoms with Gasteiger partial charge in [-0.3, -0.25) is 24.7 Å². The fraction of sp³-hybridized carbons (Fsp3) is 0. The largest absolute Gasteiger partial charge is 0.433 e. The highest BCUT2D eigenvalue weighted by molar-refractivity contribution is 6.30. The van der Waals surface area contributed by atoms with E-state index >= 15 is 0 Å². The second-order valence-corrected chi connectivity index (χ2v) is 5.97. The number of carbonyl (C=O) groups excluding carboxylic acids is 2. The van der Waals surface area contributed by atoms with Gasteiger partial charge in [0, 0.05) is 22.9 Å². The fourth-order valence-electron chi connectivity index (χ4n) is 3.03. The summed E-state index contributed by atoms with van der Waals surface area (Å²) in [6, 6.07) is 14.4. The summed E-state index contributed by atoms with van der Waals surface area (Å²) in [6.45, 7) is 0. The molecule has 0 N–H and O–H groups in total. The number of hydrogen-bond donors (Lipinski definition) is 0. The molecule has 28 heavy (non-hydrogen) atoms. The summed E-state index contributed by atoms with van der Waals surface area (Å²) in [4.78, 5) is 39.8. The maximum atomic E-state index is 12.9. The van der Waals surface area contributed by atoms with Crippen LogP contribution >= 0.6 is 0 Å². The Bertz CT molecular complexity index is 1190. The second-order valence-electron chi connectivity index (χ2n) is 5.97. The van der Waals surface area contributed by atoms with Gasteiger partial charge < -0.3 is 4.42 Å². The van der Waals surface area contributed by atoms with Gasteiger partial charge in [0.05, 0.1) is 17.3 Å². The number of ketones is 2. The van der Waals surface area contributed by atoms with Crippen molar-refractivity contribution in [3.63, 3.8) is 0 Å². The Morgan fingerprint density at radius 2 is 1.61 bits per heavy atom. The van der Waals surface area contributed by atoms with E-state index < -0.39 is 4.92 Å². The molecule has 0 spiro atoms. The maximum absolute atomic E-state index is 12.9. The van der Waals surface area contributed by atoms with E-state index in [1.807, 2.05) is 0 Å². The van der Waals surface area contributed by atoms with Crippen LogP contribution in [-0.2, 0) is 0 Å². The Morgan fingerprint density at radius 1 is 0.893 bits per heavy atom. The summed E-state index contributed by atoms with van der Waals surface area (Å²) in [5.74, 6) is -0.505. The van der Waals surface area contributed by atoms with Crippen molar-refractivity contribution in [2.45, 2.75) is 0 Å². The van der Waals surface area contributed by atoms with E-state index in [-0.39, 0.29) is 23.0 Å². The molecule has 136 valence electrons. The number of hydrogen-bond acceptors (Lipinski definition) is 6. The van der Waals surface area contributed by atoms with Gasteiger partial charge in [0.1, 0.15) is 10.7 Å². The molecule has 0 radical (unpaired) electrons. The molecule has 0 saturated heterocycles. The highest BCUT2D eigenvalue weighted by atomic mass is 16.6. The quantitative estimate of drug-likeness (QED) is 0.300. The van der Waals surface area contributed by atoms with Crippen LogP contribution in [0.1, 0.15) is 37.6 Å². The first kappa shape index (κ1) is 17.3. The first-order valence-corrected chi connectivity index (χ1v) is 8.32. The molecule has 0 atom stereocenters. The van der Waals surface area contributed by atoms with Crippen molar-refractivity contribution in [1.29, 1.82) is 0 Å². The minimum atomic E-state index is -0.623. The first-order valence-electron chi connectivity index (χ1n) is 8.32. The van der Waals surface area contributed by atoms with Crippen LogP contribution < -0.4 is 0 Å². The summed E-state index contributed by atoms with van der Waals surface area (Å²) in [7, 11) is 0. The average Bonchev–Trinajstić information content (AvgIpc) is 3.18. The molecule has 0 aliphatic heterocycles. The van der Waals surface area contributed by atoms with E-state index in [2.05, 4.69) is 4.99 Å². The Balaban J connectivity index is 1.64. The van der Waals surface area contributed by atoms with Gasteiger partial charge in [-0.25, -0.2) is 0 Å². The van der Waals surface area contributed by atoms with E-state index in [1.54, 1.807) is 42.5 Å². The van der Waals surface area contributed by atoms with Crippen molar-refractivity contribution < 1.29 is 18.9 Å². The van der Waals surface area contributed by atoms with Crippen LogP contribution in [0.5, 0.6) is 0 Å². The lowest BCUT2D eigenvalue weighted by Crippen LogP contribution is -2.20. The van der Waals surface area contributed by atoms with Gasteiger partial charge in [-0.2, -0.15) is 0 Å². The third kappa shape index (κ3) is 2.95. The van der Waals surface area contributed by atoms with Gasteiger partial charge in [0.2, 0.25) is 0 Å². The number of fused-ring (bicyclic) bond motifs is 2. The van der Waals surface area contributed by atoms with Gasteiger partial charge >= 0.3 is 5.88 Å². The zero-order chi connectivity index (χ0) is 19.7. The monoisotopic (exact) mass is 372 g/mol. The SMILES string of the molecule is O=C1c2ccccc2C(=O)c2c(N=C/C=C/c3ccc([N+](=O)[O-])o3)cccc21. The summed E-state index contributed by atoms with van der Waals surface area (Å²) in [5, 5.41) is 10.6. The average molecular weight is 372 g/mol. The Hall–Kier alpha value is -4.13. The Labute approximate surface area is 158 Å². The van der Waals surface area contributed by atoms with Crippen molar-refractivity contribution in [2.75, 3.05) is 0 Å². The predicted molar refractivity (Wildman–Crippen MR) is 102 cm³/mol. The molecule has 0 amide bonds. The third-order valence-electron chi connectivity index (χ3n) is 4.28. The second kappa shape index (κ2) is 6.88. The molecule has 1 heterocycles. The van der Waals surface area contributed by atoms with Crippen molar-refractivity contribution >= 4 is 35.4 Å². The molecule has 0 unspecified atom stereocenters. The summed E-state index contributed by atoms with van der Waals surface area (Å²) in [6.07, 6.45) is 4.47. The van der Waals surface area contributed by atoms with Crippen LogP contribution in [0.2, 0.25) is 0 Å². The molecule has 1 aromatic heterocycles. The van der Waals surface area contributed by atoms with Gasteiger partial charge in [-0.15, -0.1) is 0 Å². The molecule has 7 nitrogen and oxygen atoms in total. The molecule has 3 aromatic rings. The molecular formula is C21H12N2O5. The molecule has 1 aliphatic rings. The molecular weight excluding hydrogens is 360 g/mol. The van der Waals surface area contributed by atoms with E-state index in [0.717, 1.165) is 0 Å². The number of nitro groups is 1. The van der Waals surface area contributed by atoms with Crippen LogP contribution in [0.15, 0.2) is 70.1 Å². The fourth-order valence-corrected chi connectivity index (χ4v) is 3.03. The number of benzene rings is 2. The zero-order valence-corrected chi connectivity index (χ0v) is 14.4. The predicted octanol–water partition coefficient (Wildman–Crippen LogP) is 4.38. The standard InChI is InChI=1S/C21H12N2O5/c24-20-14-6-1-2-7-15(14)21(25)19-16(20)8-3-9-17(19)22-12-4-5-13-10-11-18(28-13)23(26)27/h1-12H/b5-4+,22-12?. The molecule has 0 fully saturated rings. The lowest BCUT2D eigenvalue weighted by molar-refractivity contribution is -0.402. The first-order chi connectivity index (χ1) is 13.6. The molecule has 1 aliphatic carbocycles. The molecule has 0 bridgehead atoms. The number of allylic oxidation sites excluding steroid dienone is 1. The maximum Gasteiger partial charge on any atom is 0.433 e. The topological polar surface area (TPSA) is 103 Å². The normalized spacial score (nSPS) is 13.1. The molecule has 0 saturated carbocycles. The van der Waals surface area contributed by atoms with Crippen LogP contribution in [0.4, 0.5) is 11.6 Å². The van der Waals surface area contributed by atoms with Crippen LogP contribution in [0.3, 0.4) is 0 Å². The van der Waals surface area contributed by atoms with Crippen molar-refractivity contribution in [3.05, 3.63) is 98.8 Å². The molecule has 7 heteroatoms. The van der Waals surface area contributed by atoms with E-state index in [9.17, 15) is 19.7 Å². The van der Waals surface area contributed by atoms with Crippen molar-refractivity contribution in [2.24, 2.45) is 4.99 Å². The van der Waals surface area contributed by atoms with Gasteiger partial charge in [-0.1, -0.05) is 36.4 Å². The van der Waals surface area contributed by atoms with Crippen molar-refractivity contribution in [3.8, 4) is 0 Å². The van der Waals surface area contributed by atoms with Crippen LogP contribution in [0, 0.1) is 10.1 Å². The van der Waals surface area contributed by atoms with E-state index in [1.165, 1.54) is 30.5 Å². The Kier molecular flexibility index (Phi) is 4.25. The van der Waals surface area contributed by atoms with Gasteiger partial charge in [0.25, 0.3) is 0 Å². The highest BCUT2D eigenvalue weighted by Gasteiger charge is 2.31. The molecule has 2 aromatic carbocycles. The number of nitrogens with zero attached hydrogens (tertiary/aromatic N) is 2. The summed E-state index contributed by atoms with van der Waals surface area (Å²) in [5.41, 5.74) is 1.72. The number of furan rings is 1. The van der Waals surface area contributed by atoms with Gasteiger partial charge in [0.15, 0.2) is 11.6 Å². The van der Waals surface area contributed by atoms with Crippen molar-refractivity contribution in [1.82, 2.24) is 0 Å². The minimum absolute atomic E-state index is 0.208. The number of carbonyl (C=O) groups is 2. The highest BCUT2D eigenvalue weighted by Crippen LogP contribution is 2.33. The lowest BCUT2D eigenvalue weighted by Gasteiger charge is -2.18. The minimum Gasteiger partial charge on any atom is -0.401 e. The smallest absolute Gasteiger partial charge is 0.401 e. The van der Waals surface area contributed by atoms with E-state index in [0.29, 0.717) is 28.1 Å². The van der Waals surface area contributed by atoms with Gasteiger partial charge in [-0.05, 0) is 24.3 Å². The molecule has 4 rings (SSSR count).